The van der Waals surface area contributed by atoms with E-state index < -0.39 is 6.09 Å². The molecule has 1 amide bonds. The molecule has 2 aliphatic carbocycles. The van der Waals surface area contributed by atoms with Crippen molar-refractivity contribution in [1.82, 2.24) is 9.55 Å². The number of carbonyl (C=O) groups is 1. The topological polar surface area (TPSA) is 115 Å². The number of aromatic nitrogens is 2. The highest BCUT2D eigenvalue weighted by Crippen LogP contribution is 2.46. The van der Waals surface area contributed by atoms with Crippen LogP contribution in [0.4, 0.5) is 16.2 Å². The monoisotopic (exact) mass is 493 g/mol. The maximum absolute atomic E-state index is 12.3. The van der Waals surface area contributed by atoms with Crippen LogP contribution in [0.25, 0.3) is 22.2 Å². The van der Waals surface area contributed by atoms with Crippen molar-refractivity contribution in [2.24, 2.45) is 5.92 Å². The Kier molecular flexibility index (Phi) is 5.68. The van der Waals surface area contributed by atoms with Gasteiger partial charge in [0.1, 0.15) is 17.9 Å². The number of carbonyl (C=O) groups excluding carboxylic acids is 1. The Morgan fingerprint density at radius 3 is 2.62 bits per heavy atom. The quantitative estimate of drug-likeness (QED) is 0.298. The third-order valence-electron chi connectivity index (χ3n) is 7.00. The summed E-state index contributed by atoms with van der Waals surface area (Å²) in [6, 6.07) is 19.5. The molecule has 2 aromatic heterocycles. The van der Waals surface area contributed by atoms with Gasteiger partial charge in [-0.05, 0) is 80.5 Å². The first kappa shape index (κ1) is 22.9. The highest BCUT2D eigenvalue weighted by Gasteiger charge is 2.32. The summed E-state index contributed by atoms with van der Waals surface area (Å²) in [7, 11) is 0. The summed E-state index contributed by atoms with van der Waals surface area (Å²) in [6.45, 7) is 1.93. The van der Waals surface area contributed by atoms with E-state index in [4.69, 9.17) is 15.2 Å². The van der Waals surface area contributed by atoms with Crippen molar-refractivity contribution < 1.29 is 14.3 Å². The van der Waals surface area contributed by atoms with E-state index >= 15 is 0 Å². The second-order valence-corrected chi connectivity index (χ2v) is 9.77. The van der Waals surface area contributed by atoms with E-state index in [0.717, 1.165) is 47.8 Å². The molecule has 0 aliphatic heterocycles. The van der Waals surface area contributed by atoms with Gasteiger partial charge in [-0.1, -0.05) is 12.1 Å². The van der Waals surface area contributed by atoms with Crippen LogP contribution in [0.5, 0.6) is 11.6 Å². The SMILES string of the molecule is C[C@@H](OC(=O)Nc1ccc(-c2c(C#N)c3ccc(Oc4ncccc4N)cc3n2C2CC2)cc1)C1CC1. The van der Waals surface area contributed by atoms with Crippen LogP contribution >= 0.6 is 0 Å². The van der Waals surface area contributed by atoms with Crippen LogP contribution in [0, 0.1) is 17.2 Å². The lowest BCUT2D eigenvalue weighted by Gasteiger charge is -2.14. The average Bonchev–Trinajstić information content (AvgIpc) is 3.82. The number of nitrogens with two attached hydrogens (primary N) is 1. The number of fused-ring (bicyclic) bond motifs is 1. The maximum atomic E-state index is 12.3. The minimum absolute atomic E-state index is 0.0744. The molecule has 0 radical (unpaired) electrons. The van der Waals surface area contributed by atoms with Gasteiger partial charge in [-0.2, -0.15) is 5.26 Å². The number of hydrogen-bond donors (Lipinski definition) is 2. The van der Waals surface area contributed by atoms with Gasteiger partial charge in [0.2, 0.25) is 5.88 Å². The van der Waals surface area contributed by atoms with E-state index in [-0.39, 0.29) is 6.10 Å². The van der Waals surface area contributed by atoms with E-state index in [0.29, 0.717) is 40.5 Å². The van der Waals surface area contributed by atoms with Crippen molar-refractivity contribution in [3.8, 4) is 29.0 Å². The minimum atomic E-state index is -0.446. The third kappa shape index (κ3) is 4.56. The Hall–Kier alpha value is -4.51. The molecule has 186 valence electrons. The molecule has 0 saturated heterocycles. The summed E-state index contributed by atoms with van der Waals surface area (Å²) >= 11 is 0. The average molecular weight is 494 g/mol. The molecule has 2 aliphatic rings. The number of nitrogens with zero attached hydrogens (tertiary/aromatic N) is 3. The molecule has 37 heavy (non-hydrogen) atoms. The zero-order valence-electron chi connectivity index (χ0n) is 20.5. The Labute approximate surface area is 214 Å². The molecule has 0 bridgehead atoms. The van der Waals surface area contributed by atoms with Crippen molar-refractivity contribution in [2.45, 2.75) is 44.8 Å². The number of anilines is 2. The minimum Gasteiger partial charge on any atom is -0.446 e. The van der Waals surface area contributed by atoms with Gasteiger partial charge in [0.15, 0.2) is 0 Å². The smallest absolute Gasteiger partial charge is 0.411 e. The summed E-state index contributed by atoms with van der Waals surface area (Å²) in [4.78, 5) is 16.5. The molecular weight excluding hydrogens is 466 g/mol. The van der Waals surface area contributed by atoms with E-state index in [1.54, 1.807) is 18.3 Å². The zero-order valence-corrected chi connectivity index (χ0v) is 20.5. The molecule has 8 heteroatoms. The number of hydrogen-bond acceptors (Lipinski definition) is 6. The Bertz CT molecular complexity index is 1530. The number of amides is 1. The van der Waals surface area contributed by atoms with Crippen molar-refractivity contribution in [3.63, 3.8) is 0 Å². The molecule has 2 aromatic carbocycles. The molecular formula is C29H27N5O3. The van der Waals surface area contributed by atoms with Crippen LogP contribution in [0.1, 0.15) is 44.2 Å². The lowest BCUT2D eigenvalue weighted by molar-refractivity contribution is 0.108. The number of pyridine rings is 1. The first-order valence-electron chi connectivity index (χ1n) is 12.6. The highest BCUT2D eigenvalue weighted by atomic mass is 16.6. The molecule has 8 nitrogen and oxygen atoms in total. The summed E-state index contributed by atoms with van der Waals surface area (Å²) in [5.74, 6) is 1.43. The Balaban J connectivity index is 1.32. The van der Waals surface area contributed by atoms with Crippen molar-refractivity contribution in [2.75, 3.05) is 11.1 Å². The second-order valence-electron chi connectivity index (χ2n) is 9.77. The van der Waals surface area contributed by atoms with Crippen molar-refractivity contribution in [1.29, 1.82) is 5.26 Å². The van der Waals surface area contributed by atoms with Crippen LogP contribution in [0.15, 0.2) is 60.8 Å². The predicted molar refractivity (Wildman–Crippen MR) is 141 cm³/mol. The number of rotatable bonds is 7. The number of nitrogen functional groups attached to an aromatic ring is 1. The first-order valence-corrected chi connectivity index (χ1v) is 12.6. The molecule has 3 N–H and O–H groups in total. The van der Waals surface area contributed by atoms with Gasteiger partial charge in [-0.15, -0.1) is 0 Å². The lowest BCUT2D eigenvalue weighted by Crippen LogP contribution is -2.21. The van der Waals surface area contributed by atoms with Gasteiger partial charge in [0, 0.05) is 29.4 Å². The Morgan fingerprint density at radius 1 is 1.16 bits per heavy atom. The third-order valence-corrected chi connectivity index (χ3v) is 7.00. The molecule has 0 spiro atoms. The number of nitriles is 1. The highest BCUT2D eigenvalue weighted by molar-refractivity contribution is 5.96. The van der Waals surface area contributed by atoms with Gasteiger partial charge in [-0.25, -0.2) is 9.78 Å². The van der Waals surface area contributed by atoms with E-state index in [1.807, 2.05) is 49.4 Å². The summed E-state index contributed by atoms with van der Waals surface area (Å²) in [5.41, 5.74) is 10.4. The van der Waals surface area contributed by atoms with Crippen molar-refractivity contribution >= 4 is 28.4 Å². The molecule has 0 unspecified atom stereocenters. The lowest BCUT2D eigenvalue weighted by atomic mass is 10.1. The predicted octanol–water partition coefficient (Wildman–Crippen LogP) is 6.63. The molecule has 4 aromatic rings. The summed E-state index contributed by atoms with van der Waals surface area (Å²) in [5, 5.41) is 13.8. The first-order chi connectivity index (χ1) is 18.0. The number of nitrogens with one attached hydrogen (secondary N) is 1. The Morgan fingerprint density at radius 2 is 1.95 bits per heavy atom. The molecule has 2 fully saturated rings. The van der Waals surface area contributed by atoms with Gasteiger partial charge in [0.25, 0.3) is 0 Å². The molecule has 2 saturated carbocycles. The van der Waals surface area contributed by atoms with Crippen LogP contribution in [-0.4, -0.2) is 21.7 Å². The van der Waals surface area contributed by atoms with Crippen LogP contribution in [-0.2, 0) is 4.74 Å². The fraction of sp³-hybridized carbons (Fsp3) is 0.276. The van der Waals surface area contributed by atoms with Gasteiger partial charge >= 0.3 is 6.09 Å². The van der Waals surface area contributed by atoms with Gasteiger partial charge in [0.05, 0.1) is 22.5 Å². The van der Waals surface area contributed by atoms with Crippen molar-refractivity contribution in [3.05, 3.63) is 66.4 Å². The van der Waals surface area contributed by atoms with Gasteiger partial charge in [-0.3, -0.25) is 5.32 Å². The molecule has 6 rings (SSSR count). The zero-order chi connectivity index (χ0) is 25.5. The molecule has 2 heterocycles. The fourth-order valence-corrected chi connectivity index (χ4v) is 4.75. The number of benzene rings is 2. The maximum Gasteiger partial charge on any atom is 0.411 e. The molecule has 1 atom stereocenters. The fourth-order valence-electron chi connectivity index (χ4n) is 4.75. The van der Waals surface area contributed by atoms with Crippen LogP contribution < -0.4 is 15.8 Å². The van der Waals surface area contributed by atoms with E-state index in [1.165, 1.54) is 0 Å². The van der Waals surface area contributed by atoms with Crippen LogP contribution in [0.3, 0.4) is 0 Å². The second kappa shape index (κ2) is 9.17. The summed E-state index contributed by atoms with van der Waals surface area (Å²) < 4.78 is 13.7. The van der Waals surface area contributed by atoms with Crippen LogP contribution in [0.2, 0.25) is 0 Å². The largest absolute Gasteiger partial charge is 0.446 e. The van der Waals surface area contributed by atoms with Gasteiger partial charge < -0.3 is 19.8 Å². The number of ether oxygens (including phenoxy) is 2. The van der Waals surface area contributed by atoms with E-state index in [2.05, 4.69) is 20.9 Å². The standard InChI is InChI=1S/C29H27N5O3/c1-17(18-4-5-18)36-29(35)33-20-8-6-19(7-9-20)27-24(16-30)23-13-12-22(15-26(23)34(27)21-10-11-21)37-28-25(31)3-2-14-32-28/h2-3,6-9,12-15,17-18,21H,4-5,10-11,31H2,1H3,(H,33,35)/t17-/m1/s1. The summed E-state index contributed by atoms with van der Waals surface area (Å²) in [6.07, 6.45) is 5.44. The normalized spacial score (nSPS) is 15.7. The van der Waals surface area contributed by atoms with E-state index in [9.17, 15) is 10.1 Å².